The van der Waals surface area contributed by atoms with Crippen molar-refractivity contribution in [3.8, 4) is 17.2 Å². The molecule has 0 bridgehead atoms. The lowest BCUT2D eigenvalue weighted by atomic mass is 10.1. The molecule has 0 spiro atoms. The average molecular weight is 327 g/mol. The van der Waals surface area contributed by atoms with Crippen molar-refractivity contribution < 1.29 is 19.4 Å². The second kappa shape index (κ2) is 7.36. The van der Waals surface area contributed by atoms with E-state index in [0.29, 0.717) is 24.5 Å². The van der Waals surface area contributed by atoms with Gasteiger partial charge in [-0.15, -0.1) is 0 Å². The molecule has 0 radical (unpaired) electrons. The number of hydrogen-bond donors (Lipinski definition) is 1. The highest BCUT2D eigenvalue weighted by Crippen LogP contribution is 2.31. The summed E-state index contributed by atoms with van der Waals surface area (Å²) in [7, 11) is 1.62. The summed E-state index contributed by atoms with van der Waals surface area (Å²) in [5.41, 5.74) is 1.11. The predicted molar refractivity (Wildman–Crippen MR) is 90.5 cm³/mol. The van der Waals surface area contributed by atoms with E-state index in [1.807, 2.05) is 48.5 Å². The largest absolute Gasteiger partial charge is 0.493 e. The molecular weight excluding hydrogens is 306 g/mol. The first-order chi connectivity index (χ1) is 11.7. The minimum Gasteiger partial charge on any atom is -0.493 e. The molecule has 5 heteroatoms. The number of carboxylic acids is 1. The maximum absolute atomic E-state index is 11.1. The normalized spacial score (nSPS) is 17.6. The van der Waals surface area contributed by atoms with E-state index in [2.05, 4.69) is 4.90 Å². The molecule has 1 aliphatic rings. The van der Waals surface area contributed by atoms with Crippen molar-refractivity contribution in [1.82, 2.24) is 4.90 Å². The Balaban J connectivity index is 1.67. The van der Waals surface area contributed by atoms with Crippen LogP contribution in [0.3, 0.4) is 0 Å². The van der Waals surface area contributed by atoms with Gasteiger partial charge in [0, 0.05) is 13.1 Å². The van der Waals surface area contributed by atoms with Crippen molar-refractivity contribution >= 4 is 5.97 Å². The molecule has 2 aromatic rings. The summed E-state index contributed by atoms with van der Waals surface area (Å²) in [5.74, 6) is 1.14. The van der Waals surface area contributed by atoms with Crippen LogP contribution < -0.4 is 9.47 Å². The van der Waals surface area contributed by atoms with Gasteiger partial charge in [0.15, 0.2) is 11.5 Å². The fraction of sp³-hybridized carbons (Fsp3) is 0.316. The molecule has 0 aromatic heterocycles. The summed E-state index contributed by atoms with van der Waals surface area (Å²) >= 11 is 0. The van der Waals surface area contributed by atoms with Gasteiger partial charge in [0.2, 0.25) is 0 Å². The van der Waals surface area contributed by atoms with Crippen LogP contribution in [0.5, 0.6) is 17.2 Å². The fourth-order valence-corrected chi connectivity index (χ4v) is 2.97. The van der Waals surface area contributed by atoms with E-state index in [9.17, 15) is 4.79 Å². The van der Waals surface area contributed by atoms with Gasteiger partial charge in [-0.25, -0.2) is 0 Å². The first-order valence-corrected chi connectivity index (χ1v) is 8.00. The summed E-state index contributed by atoms with van der Waals surface area (Å²) in [6.45, 7) is 2.15. The van der Waals surface area contributed by atoms with Crippen LogP contribution in [0.1, 0.15) is 12.0 Å². The third-order valence-corrected chi connectivity index (χ3v) is 4.22. The Hall–Kier alpha value is -2.53. The summed E-state index contributed by atoms with van der Waals surface area (Å²) < 4.78 is 11.2. The van der Waals surface area contributed by atoms with E-state index in [1.165, 1.54) is 0 Å². The van der Waals surface area contributed by atoms with Crippen molar-refractivity contribution in [3.63, 3.8) is 0 Å². The SMILES string of the molecule is COc1ccccc1Oc1cccc(CN2CCC(C(=O)O)C2)c1. The van der Waals surface area contributed by atoms with Gasteiger partial charge in [-0.05, 0) is 42.8 Å². The summed E-state index contributed by atoms with van der Waals surface area (Å²) in [5, 5.41) is 9.10. The number of carbonyl (C=O) groups is 1. The molecule has 1 N–H and O–H groups in total. The van der Waals surface area contributed by atoms with Gasteiger partial charge in [0.25, 0.3) is 0 Å². The quantitative estimate of drug-likeness (QED) is 0.881. The molecule has 1 saturated heterocycles. The monoisotopic (exact) mass is 327 g/mol. The van der Waals surface area contributed by atoms with Gasteiger partial charge in [-0.1, -0.05) is 24.3 Å². The number of hydrogen-bond acceptors (Lipinski definition) is 4. The molecule has 1 fully saturated rings. The van der Waals surface area contributed by atoms with Crippen molar-refractivity contribution in [3.05, 3.63) is 54.1 Å². The number of aliphatic carboxylic acids is 1. The van der Waals surface area contributed by atoms with Crippen LogP contribution in [0, 0.1) is 5.92 Å². The topological polar surface area (TPSA) is 59.0 Å². The zero-order chi connectivity index (χ0) is 16.9. The molecule has 0 aliphatic carbocycles. The molecular formula is C19H21NO4. The molecule has 1 heterocycles. The number of likely N-dealkylation sites (tertiary alicyclic amines) is 1. The number of benzene rings is 2. The number of carboxylic acid groups (broad SMARTS) is 1. The predicted octanol–water partition coefficient (Wildman–Crippen LogP) is 3.39. The first-order valence-electron chi connectivity index (χ1n) is 8.00. The van der Waals surface area contributed by atoms with E-state index in [-0.39, 0.29) is 5.92 Å². The molecule has 5 nitrogen and oxygen atoms in total. The number of ether oxygens (including phenoxy) is 2. The number of rotatable bonds is 6. The molecule has 2 aromatic carbocycles. The third-order valence-electron chi connectivity index (χ3n) is 4.22. The molecule has 1 atom stereocenters. The van der Waals surface area contributed by atoms with Gasteiger partial charge in [0.05, 0.1) is 13.0 Å². The molecule has 3 rings (SSSR count). The molecule has 0 amide bonds. The van der Waals surface area contributed by atoms with Gasteiger partial charge >= 0.3 is 5.97 Å². The van der Waals surface area contributed by atoms with E-state index < -0.39 is 5.97 Å². The van der Waals surface area contributed by atoms with Crippen molar-refractivity contribution in [2.75, 3.05) is 20.2 Å². The van der Waals surface area contributed by atoms with Crippen LogP contribution in [-0.2, 0) is 11.3 Å². The van der Waals surface area contributed by atoms with Crippen molar-refractivity contribution in [2.45, 2.75) is 13.0 Å². The lowest BCUT2D eigenvalue weighted by molar-refractivity contribution is -0.141. The zero-order valence-corrected chi connectivity index (χ0v) is 13.6. The Morgan fingerprint density at radius 2 is 2.00 bits per heavy atom. The van der Waals surface area contributed by atoms with E-state index in [4.69, 9.17) is 14.6 Å². The highest BCUT2D eigenvalue weighted by molar-refractivity contribution is 5.70. The molecule has 0 saturated carbocycles. The van der Waals surface area contributed by atoms with Crippen LogP contribution in [0.2, 0.25) is 0 Å². The second-order valence-corrected chi connectivity index (χ2v) is 5.96. The van der Waals surface area contributed by atoms with Gasteiger partial charge in [0.1, 0.15) is 5.75 Å². The Kier molecular flexibility index (Phi) is 5.01. The lowest BCUT2D eigenvalue weighted by Gasteiger charge is -2.16. The third kappa shape index (κ3) is 3.86. The maximum atomic E-state index is 11.1. The molecule has 1 unspecified atom stereocenters. The average Bonchev–Trinajstić information content (AvgIpc) is 3.04. The summed E-state index contributed by atoms with van der Waals surface area (Å²) in [4.78, 5) is 13.2. The van der Waals surface area contributed by atoms with Crippen molar-refractivity contribution in [1.29, 1.82) is 0 Å². The maximum Gasteiger partial charge on any atom is 0.307 e. The zero-order valence-electron chi connectivity index (χ0n) is 13.6. The Morgan fingerprint density at radius 1 is 1.21 bits per heavy atom. The van der Waals surface area contributed by atoms with Crippen LogP contribution in [0.25, 0.3) is 0 Å². The number of para-hydroxylation sites is 2. The highest BCUT2D eigenvalue weighted by atomic mass is 16.5. The summed E-state index contributed by atoms with van der Waals surface area (Å²) in [6.07, 6.45) is 0.715. The van der Waals surface area contributed by atoms with E-state index >= 15 is 0 Å². The van der Waals surface area contributed by atoms with Crippen LogP contribution in [0.15, 0.2) is 48.5 Å². The minimum absolute atomic E-state index is 0.252. The Morgan fingerprint density at radius 3 is 2.71 bits per heavy atom. The van der Waals surface area contributed by atoms with E-state index in [1.54, 1.807) is 7.11 Å². The standard InChI is InChI=1S/C19H21NO4/c1-23-17-7-2-3-8-18(17)24-16-6-4-5-14(11-16)12-20-10-9-15(13-20)19(21)22/h2-8,11,15H,9-10,12-13H2,1H3,(H,21,22). The fourth-order valence-electron chi connectivity index (χ4n) is 2.97. The smallest absolute Gasteiger partial charge is 0.307 e. The number of methoxy groups -OCH3 is 1. The molecule has 126 valence electrons. The second-order valence-electron chi connectivity index (χ2n) is 5.96. The Labute approximate surface area is 141 Å². The minimum atomic E-state index is -0.703. The molecule has 1 aliphatic heterocycles. The number of nitrogens with zero attached hydrogens (tertiary/aromatic N) is 1. The van der Waals surface area contributed by atoms with Crippen LogP contribution >= 0.6 is 0 Å². The summed E-state index contributed by atoms with van der Waals surface area (Å²) in [6, 6.07) is 15.4. The van der Waals surface area contributed by atoms with Crippen LogP contribution in [0.4, 0.5) is 0 Å². The Bertz CT molecular complexity index is 716. The van der Waals surface area contributed by atoms with Gasteiger partial charge in [-0.2, -0.15) is 0 Å². The van der Waals surface area contributed by atoms with Crippen molar-refractivity contribution in [2.24, 2.45) is 5.92 Å². The highest BCUT2D eigenvalue weighted by Gasteiger charge is 2.27. The lowest BCUT2D eigenvalue weighted by Crippen LogP contribution is -2.22. The first kappa shape index (κ1) is 16.3. The van der Waals surface area contributed by atoms with E-state index in [0.717, 1.165) is 24.4 Å². The van der Waals surface area contributed by atoms with Gasteiger partial charge < -0.3 is 14.6 Å². The molecule has 24 heavy (non-hydrogen) atoms. The van der Waals surface area contributed by atoms with Crippen LogP contribution in [-0.4, -0.2) is 36.2 Å². The van der Waals surface area contributed by atoms with Gasteiger partial charge in [-0.3, -0.25) is 9.69 Å².